The Morgan fingerprint density at radius 2 is 1.76 bits per heavy atom. The quantitative estimate of drug-likeness (QED) is 0.787. The van der Waals surface area contributed by atoms with Crippen molar-refractivity contribution in [2.75, 3.05) is 19.8 Å². The molecule has 0 aromatic carbocycles. The van der Waals surface area contributed by atoms with Gasteiger partial charge in [0.25, 0.3) is 0 Å². The second-order valence-corrected chi connectivity index (χ2v) is 7.51. The number of carbonyl (C=O) groups is 1. The fraction of sp³-hybridized carbons (Fsp3) is 0.941. The van der Waals surface area contributed by atoms with Crippen molar-refractivity contribution in [2.45, 2.75) is 77.4 Å². The number of hydrogen-bond acceptors (Lipinski definition) is 3. The number of carbonyl (C=O) groups excluding carboxylic acids is 1. The van der Waals surface area contributed by atoms with Crippen LogP contribution in [0.5, 0.6) is 0 Å². The van der Waals surface area contributed by atoms with Crippen molar-refractivity contribution < 1.29 is 14.3 Å². The Morgan fingerprint density at radius 3 is 2.43 bits per heavy atom. The third-order valence-electron chi connectivity index (χ3n) is 4.39. The molecule has 0 N–H and O–H groups in total. The second-order valence-electron chi connectivity index (χ2n) is 7.51. The van der Waals surface area contributed by atoms with E-state index in [0.717, 1.165) is 31.9 Å². The lowest BCUT2D eigenvalue weighted by Gasteiger charge is -2.29. The van der Waals surface area contributed by atoms with Crippen molar-refractivity contribution in [1.29, 1.82) is 0 Å². The fourth-order valence-electron chi connectivity index (χ4n) is 3.29. The van der Waals surface area contributed by atoms with E-state index in [1.165, 1.54) is 32.1 Å². The van der Waals surface area contributed by atoms with E-state index in [4.69, 9.17) is 9.47 Å². The Kier molecular flexibility index (Phi) is 5.91. The van der Waals surface area contributed by atoms with E-state index < -0.39 is 5.60 Å². The highest BCUT2D eigenvalue weighted by atomic mass is 16.6. The third kappa shape index (κ3) is 5.50. The maximum atomic E-state index is 12.2. The van der Waals surface area contributed by atoms with Gasteiger partial charge < -0.3 is 14.4 Å². The van der Waals surface area contributed by atoms with Gasteiger partial charge in [0, 0.05) is 13.2 Å². The van der Waals surface area contributed by atoms with Crippen LogP contribution in [0.25, 0.3) is 0 Å². The van der Waals surface area contributed by atoms with Crippen LogP contribution in [0.2, 0.25) is 0 Å². The smallest absolute Gasteiger partial charge is 0.410 e. The number of likely N-dealkylation sites (tertiary alicyclic amines) is 1. The standard InChI is InChI=1S/C17H31NO3/c1-17(2,3)21-16(19)18-11-7-10-15(18)13-20-12-14-8-5-4-6-9-14/h14-15H,4-13H2,1-3H3/t15-/m1/s1. The van der Waals surface area contributed by atoms with E-state index in [1.807, 2.05) is 25.7 Å². The summed E-state index contributed by atoms with van der Waals surface area (Å²) in [5.41, 5.74) is -0.423. The minimum absolute atomic E-state index is 0.189. The Bertz CT molecular complexity index is 331. The van der Waals surface area contributed by atoms with Crippen LogP contribution in [0.4, 0.5) is 4.79 Å². The average Bonchev–Trinajstić information content (AvgIpc) is 2.86. The van der Waals surface area contributed by atoms with Crippen LogP contribution in [-0.4, -0.2) is 42.4 Å². The summed E-state index contributed by atoms with van der Waals surface area (Å²) in [6.45, 7) is 8.06. The molecule has 1 saturated carbocycles. The van der Waals surface area contributed by atoms with Crippen molar-refractivity contribution >= 4 is 6.09 Å². The summed E-state index contributed by atoms with van der Waals surface area (Å²) in [5.74, 6) is 0.732. The molecule has 0 bridgehead atoms. The number of ether oxygens (including phenoxy) is 2. The molecule has 0 spiro atoms. The summed E-state index contributed by atoms with van der Waals surface area (Å²) in [6.07, 6.45) is 8.59. The third-order valence-corrected chi connectivity index (χ3v) is 4.39. The van der Waals surface area contributed by atoms with Crippen LogP contribution in [0, 0.1) is 5.92 Å². The Morgan fingerprint density at radius 1 is 1.05 bits per heavy atom. The van der Waals surface area contributed by atoms with E-state index in [-0.39, 0.29) is 12.1 Å². The predicted octanol–water partition coefficient (Wildman–Crippen LogP) is 3.98. The minimum atomic E-state index is -0.423. The molecule has 2 aliphatic rings. The number of hydrogen-bond donors (Lipinski definition) is 0. The van der Waals surface area contributed by atoms with Gasteiger partial charge in [-0.3, -0.25) is 0 Å². The summed E-state index contributed by atoms with van der Waals surface area (Å²) in [5, 5.41) is 0. The van der Waals surface area contributed by atoms with Crippen LogP contribution < -0.4 is 0 Å². The van der Waals surface area contributed by atoms with E-state index >= 15 is 0 Å². The Hall–Kier alpha value is -0.770. The first-order valence-electron chi connectivity index (χ1n) is 8.53. The zero-order valence-corrected chi connectivity index (χ0v) is 13.9. The van der Waals surface area contributed by atoms with Gasteiger partial charge in [-0.15, -0.1) is 0 Å². The molecule has 1 saturated heterocycles. The maximum Gasteiger partial charge on any atom is 0.410 e. The zero-order valence-electron chi connectivity index (χ0n) is 13.9. The number of amides is 1. The SMILES string of the molecule is CC(C)(C)OC(=O)N1CCC[C@@H]1COCC1CCCCC1. The van der Waals surface area contributed by atoms with Crippen LogP contribution >= 0.6 is 0 Å². The van der Waals surface area contributed by atoms with Crippen molar-refractivity contribution in [1.82, 2.24) is 4.90 Å². The van der Waals surface area contributed by atoms with Gasteiger partial charge in [0.1, 0.15) is 5.60 Å². The lowest BCUT2D eigenvalue weighted by molar-refractivity contribution is 0.00557. The van der Waals surface area contributed by atoms with Gasteiger partial charge in [0.05, 0.1) is 12.6 Å². The molecule has 2 rings (SSSR count). The highest BCUT2D eigenvalue weighted by Crippen LogP contribution is 2.25. The topological polar surface area (TPSA) is 38.8 Å². The normalized spacial score (nSPS) is 24.3. The summed E-state index contributed by atoms with van der Waals surface area (Å²) >= 11 is 0. The molecule has 1 aliphatic heterocycles. The predicted molar refractivity (Wildman–Crippen MR) is 83.4 cm³/mol. The van der Waals surface area contributed by atoms with Crippen molar-refractivity contribution in [2.24, 2.45) is 5.92 Å². The molecular formula is C17H31NO3. The molecule has 1 amide bonds. The number of nitrogens with zero attached hydrogens (tertiary/aromatic N) is 1. The van der Waals surface area contributed by atoms with Crippen LogP contribution in [-0.2, 0) is 9.47 Å². The molecule has 1 aliphatic carbocycles. The molecule has 1 heterocycles. The van der Waals surface area contributed by atoms with E-state index in [2.05, 4.69) is 0 Å². The van der Waals surface area contributed by atoms with Crippen LogP contribution in [0.3, 0.4) is 0 Å². The molecule has 21 heavy (non-hydrogen) atoms. The summed E-state index contributed by atoms with van der Waals surface area (Å²) in [4.78, 5) is 14.0. The van der Waals surface area contributed by atoms with Crippen molar-refractivity contribution in [3.05, 3.63) is 0 Å². The molecule has 122 valence electrons. The van der Waals surface area contributed by atoms with Gasteiger partial charge in [-0.1, -0.05) is 19.3 Å². The molecule has 0 unspecified atom stereocenters. The highest BCUT2D eigenvalue weighted by molar-refractivity contribution is 5.68. The van der Waals surface area contributed by atoms with Crippen LogP contribution in [0.1, 0.15) is 65.7 Å². The van der Waals surface area contributed by atoms with Gasteiger partial charge in [-0.25, -0.2) is 4.79 Å². The second kappa shape index (κ2) is 7.48. The van der Waals surface area contributed by atoms with E-state index in [1.54, 1.807) is 0 Å². The van der Waals surface area contributed by atoms with Gasteiger partial charge >= 0.3 is 6.09 Å². The maximum absolute atomic E-state index is 12.2. The summed E-state index contributed by atoms with van der Waals surface area (Å²) in [6, 6.07) is 0.198. The van der Waals surface area contributed by atoms with Crippen molar-refractivity contribution in [3.63, 3.8) is 0 Å². The summed E-state index contributed by atoms with van der Waals surface area (Å²) < 4.78 is 11.4. The molecule has 4 heteroatoms. The van der Waals surface area contributed by atoms with Crippen molar-refractivity contribution in [3.8, 4) is 0 Å². The molecule has 0 radical (unpaired) electrons. The zero-order chi connectivity index (χ0) is 15.3. The summed E-state index contributed by atoms with van der Waals surface area (Å²) in [7, 11) is 0. The molecule has 2 fully saturated rings. The first-order valence-corrected chi connectivity index (χ1v) is 8.53. The molecule has 0 aromatic rings. The number of rotatable bonds is 4. The highest BCUT2D eigenvalue weighted by Gasteiger charge is 2.32. The fourth-order valence-corrected chi connectivity index (χ4v) is 3.29. The minimum Gasteiger partial charge on any atom is -0.444 e. The van der Waals surface area contributed by atoms with Gasteiger partial charge in [0.15, 0.2) is 0 Å². The van der Waals surface area contributed by atoms with Gasteiger partial charge in [-0.2, -0.15) is 0 Å². The lowest BCUT2D eigenvalue weighted by Crippen LogP contribution is -2.41. The average molecular weight is 297 g/mol. The molecular weight excluding hydrogens is 266 g/mol. The molecule has 4 nitrogen and oxygen atoms in total. The Labute approximate surface area is 129 Å². The first kappa shape index (κ1) is 16.6. The molecule has 1 atom stereocenters. The largest absolute Gasteiger partial charge is 0.444 e. The lowest BCUT2D eigenvalue weighted by atomic mass is 9.90. The first-order chi connectivity index (χ1) is 9.96. The van der Waals surface area contributed by atoms with Crippen LogP contribution in [0.15, 0.2) is 0 Å². The van der Waals surface area contributed by atoms with E-state index in [9.17, 15) is 4.79 Å². The van der Waals surface area contributed by atoms with Gasteiger partial charge in [-0.05, 0) is 52.4 Å². The van der Waals surface area contributed by atoms with E-state index in [0.29, 0.717) is 6.61 Å². The van der Waals surface area contributed by atoms with Gasteiger partial charge in [0.2, 0.25) is 0 Å². The molecule has 0 aromatic heterocycles. The monoisotopic (exact) mass is 297 g/mol. The Balaban J connectivity index is 1.72.